The van der Waals surface area contributed by atoms with Crippen LogP contribution in [0.3, 0.4) is 0 Å². The lowest BCUT2D eigenvalue weighted by Gasteiger charge is -2.34. The van der Waals surface area contributed by atoms with Gasteiger partial charge in [-0.25, -0.2) is 0 Å². The molecule has 0 saturated carbocycles. The minimum absolute atomic E-state index is 0.272. The van der Waals surface area contributed by atoms with E-state index in [1.165, 1.54) is 27.8 Å². The molecule has 0 aromatic heterocycles. The van der Waals surface area contributed by atoms with Crippen LogP contribution in [0.5, 0.6) is 5.75 Å². The van der Waals surface area contributed by atoms with Crippen molar-refractivity contribution in [2.45, 2.75) is 12.3 Å². The van der Waals surface area contributed by atoms with Crippen molar-refractivity contribution in [2.24, 2.45) is 0 Å². The van der Waals surface area contributed by atoms with Gasteiger partial charge in [0.15, 0.2) is 0 Å². The maximum atomic E-state index is 9.87. The first-order valence-electron chi connectivity index (χ1n) is 9.18. The highest BCUT2D eigenvalue weighted by Gasteiger charge is 2.47. The van der Waals surface area contributed by atoms with E-state index in [2.05, 4.69) is 74.2 Å². The van der Waals surface area contributed by atoms with Gasteiger partial charge in [-0.2, -0.15) is 0 Å². The van der Waals surface area contributed by atoms with Gasteiger partial charge in [-0.1, -0.05) is 91.5 Å². The number of hydrogen-bond acceptors (Lipinski definition) is 1. The van der Waals surface area contributed by atoms with Crippen molar-refractivity contribution in [3.63, 3.8) is 0 Å². The summed E-state index contributed by atoms with van der Waals surface area (Å²) in [6.07, 6.45) is 6.16. The molecule has 3 aromatic carbocycles. The molecule has 0 amide bonds. The topological polar surface area (TPSA) is 20.2 Å². The fourth-order valence-corrected chi connectivity index (χ4v) is 4.37. The summed E-state index contributed by atoms with van der Waals surface area (Å²) in [7, 11) is 0. The quantitative estimate of drug-likeness (QED) is 0.591. The van der Waals surface area contributed by atoms with Gasteiger partial charge < -0.3 is 5.11 Å². The number of aromatic hydroxyl groups is 1. The van der Waals surface area contributed by atoms with Crippen LogP contribution in [0.4, 0.5) is 0 Å². The molecule has 1 heteroatoms. The largest absolute Gasteiger partial charge is 0.508 e. The normalized spacial score (nSPS) is 21.4. The third-order valence-electron chi connectivity index (χ3n) is 5.40. The van der Waals surface area contributed by atoms with Crippen LogP contribution in [0.1, 0.15) is 29.2 Å². The summed E-state index contributed by atoms with van der Waals surface area (Å²) in [5, 5.41) is 9.87. The van der Waals surface area contributed by atoms with Crippen LogP contribution in [0.25, 0.3) is 5.57 Å². The lowest BCUT2D eigenvalue weighted by Crippen LogP contribution is -2.28. The van der Waals surface area contributed by atoms with Gasteiger partial charge in [-0.05, 0) is 52.5 Å². The van der Waals surface area contributed by atoms with Gasteiger partial charge in [0.1, 0.15) is 5.75 Å². The first-order valence-corrected chi connectivity index (χ1v) is 9.18. The molecule has 0 radical (unpaired) electrons. The van der Waals surface area contributed by atoms with E-state index in [0.29, 0.717) is 0 Å². The highest BCUT2D eigenvalue weighted by atomic mass is 16.3. The summed E-state index contributed by atoms with van der Waals surface area (Å²) < 4.78 is 0. The van der Waals surface area contributed by atoms with Crippen molar-refractivity contribution in [3.8, 4) is 5.75 Å². The van der Waals surface area contributed by atoms with E-state index < -0.39 is 5.41 Å². The molecule has 1 aliphatic rings. The molecule has 3 aromatic rings. The maximum Gasteiger partial charge on any atom is 0.115 e. The van der Waals surface area contributed by atoms with E-state index in [9.17, 15) is 5.11 Å². The molecule has 0 aliphatic heterocycles. The SMILES string of the molecule is C=C/C=C1\C(=C/C)c2ccccc2C1(c1ccccc1)c1ccc(O)cc1. The number of benzene rings is 3. The number of hydrogen-bond donors (Lipinski definition) is 1. The second-order valence-corrected chi connectivity index (χ2v) is 6.73. The average Bonchev–Trinajstić information content (AvgIpc) is 3.00. The zero-order valence-electron chi connectivity index (χ0n) is 15.4. The molecule has 1 nitrogen and oxygen atoms in total. The summed E-state index contributed by atoms with van der Waals surface area (Å²) >= 11 is 0. The Morgan fingerprint density at radius 3 is 2.11 bits per heavy atom. The van der Waals surface area contributed by atoms with Crippen LogP contribution < -0.4 is 0 Å². The second-order valence-electron chi connectivity index (χ2n) is 6.73. The minimum Gasteiger partial charge on any atom is -0.508 e. The van der Waals surface area contributed by atoms with Gasteiger partial charge in [-0.3, -0.25) is 0 Å². The van der Waals surface area contributed by atoms with Crippen molar-refractivity contribution in [1.82, 2.24) is 0 Å². The highest BCUT2D eigenvalue weighted by molar-refractivity contribution is 5.94. The number of phenolic OH excluding ortho intramolecular Hbond substituents is 1. The Hall–Kier alpha value is -3.32. The fraction of sp³-hybridized carbons (Fsp3) is 0.0769. The monoisotopic (exact) mass is 350 g/mol. The molecule has 4 rings (SSSR count). The molecule has 0 spiro atoms. The Morgan fingerprint density at radius 1 is 0.815 bits per heavy atom. The summed E-state index contributed by atoms with van der Waals surface area (Å²) in [4.78, 5) is 0. The zero-order chi connectivity index (χ0) is 18.9. The Labute approximate surface area is 160 Å². The molecule has 27 heavy (non-hydrogen) atoms. The minimum atomic E-state index is -0.443. The molecule has 0 saturated heterocycles. The van der Waals surface area contributed by atoms with Crippen LogP contribution in [0, 0.1) is 0 Å². The standard InChI is InChI=1S/C26H22O/c1-3-10-24-22(4-2)23-13-8-9-14-25(23)26(24,19-11-6-5-7-12-19)20-15-17-21(27)18-16-20/h3-18,27H,1H2,2H3/b22-4-,24-10+. The van der Waals surface area contributed by atoms with E-state index in [-0.39, 0.29) is 5.75 Å². The third kappa shape index (κ3) is 2.47. The Kier molecular flexibility index (Phi) is 4.29. The van der Waals surface area contributed by atoms with Gasteiger partial charge in [0.05, 0.1) is 5.41 Å². The molecular formula is C26H22O. The number of fused-ring (bicyclic) bond motifs is 1. The van der Waals surface area contributed by atoms with E-state index in [1.807, 2.05) is 24.3 Å². The van der Waals surface area contributed by atoms with Crippen molar-refractivity contribution < 1.29 is 5.11 Å². The smallest absolute Gasteiger partial charge is 0.115 e. The summed E-state index contributed by atoms with van der Waals surface area (Å²) in [5.74, 6) is 0.272. The van der Waals surface area contributed by atoms with Gasteiger partial charge in [-0.15, -0.1) is 0 Å². The molecule has 1 aliphatic carbocycles. The van der Waals surface area contributed by atoms with E-state index in [0.717, 1.165) is 5.56 Å². The van der Waals surface area contributed by atoms with Gasteiger partial charge in [0.2, 0.25) is 0 Å². The van der Waals surface area contributed by atoms with Crippen molar-refractivity contribution >= 4 is 5.57 Å². The molecule has 0 bridgehead atoms. The van der Waals surface area contributed by atoms with Crippen LogP contribution in [0.15, 0.2) is 109 Å². The molecule has 0 heterocycles. The molecule has 1 atom stereocenters. The predicted molar refractivity (Wildman–Crippen MR) is 113 cm³/mol. The molecular weight excluding hydrogens is 328 g/mol. The predicted octanol–water partition coefficient (Wildman–Crippen LogP) is 6.26. The van der Waals surface area contributed by atoms with Gasteiger partial charge >= 0.3 is 0 Å². The number of phenols is 1. The second kappa shape index (κ2) is 6.77. The summed E-state index contributed by atoms with van der Waals surface area (Å²) in [6, 6.07) is 26.7. The van der Waals surface area contributed by atoms with E-state index in [4.69, 9.17) is 0 Å². The van der Waals surface area contributed by atoms with Crippen LogP contribution in [-0.4, -0.2) is 5.11 Å². The molecule has 0 fully saturated rings. The van der Waals surface area contributed by atoms with Crippen LogP contribution in [0.2, 0.25) is 0 Å². The lowest BCUT2D eigenvalue weighted by atomic mass is 9.67. The molecule has 1 unspecified atom stereocenters. The Morgan fingerprint density at radius 2 is 1.44 bits per heavy atom. The van der Waals surface area contributed by atoms with Crippen LogP contribution in [-0.2, 0) is 5.41 Å². The average molecular weight is 350 g/mol. The van der Waals surface area contributed by atoms with Crippen molar-refractivity contribution in [2.75, 3.05) is 0 Å². The third-order valence-corrected chi connectivity index (χ3v) is 5.40. The molecule has 1 N–H and O–H groups in total. The summed E-state index contributed by atoms with van der Waals surface area (Å²) in [5.41, 5.74) is 6.81. The Balaban J connectivity index is 2.19. The maximum absolute atomic E-state index is 9.87. The lowest BCUT2D eigenvalue weighted by molar-refractivity contribution is 0.475. The van der Waals surface area contributed by atoms with Crippen LogP contribution >= 0.6 is 0 Å². The highest BCUT2D eigenvalue weighted by Crippen LogP contribution is 2.57. The zero-order valence-corrected chi connectivity index (χ0v) is 15.4. The van der Waals surface area contributed by atoms with Gasteiger partial charge in [0, 0.05) is 0 Å². The van der Waals surface area contributed by atoms with Gasteiger partial charge in [0.25, 0.3) is 0 Å². The fourth-order valence-electron chi connectivity index (χ4n) is 4.37. The van der Waals surface area contributed by atoms with Crippen molar-refractivity contribution in [1.29, 1.82) is 0 Å². The number of rotatable bonds is 3. The van der Waals surface area contributed by atoms with Crippen molar-refractivity contribution in [3.05, 3.63) is 131 Å². The van der Waals surface area contributed by atoms with E-state index >= 15 is 0 Å². The van der Waals surface area contributed by atoms with E-state index in [1.54, 1.807) is 12.1 Å². The first kappa shape index (κ1) is 17.1. The summed E-state index contributed by atoms with van der Waals surface area (Å²) in [6.45, 7) is 6.06. The number of allylic oxidation sites excluding steroid dienone is 5. The first-order chi connectivity index (χ1) is 13.2. The molecule has 132 valence electrons. The Bertz CT molecular complexity index is 1040.